The number of unbranched alkanes of at least 4 members (excludes halogenated alkanes) is 23. The third-order valence-corrected chi connectivity index (χ3v) is 8.45. The molecular formula is C37H73NO3. The Morgan fingerprint density at radius 1 is 0.634 bits per heavy atom. The third kappa shape index (κ3) is 30.4. The summed E-state index contributed by atoms with van der Waals surface area (Å²) in [6.07, 6.45) is 37.2. The van der Waals surface area contributed by atoms with Crippen molar-refractivity contribution in [3.05, 3.63) is 12.2 Å². The molecule has 244 valence electrons. The zero-order valence-electron chi connectivity index (χ0n) is 28.0. The van der Waals surface area contributed by atoms with E-state index in [1.54, 1.807) is 6.08 Å². The van der Waals surface area contributed by atoms with E-state index in [1.807, 2.05) is 6.08 Å². The van der Waals surface area contributed by atoms with Crippen LogP contribution in [-0.4, -0.2) is 34.9 Å². The molecule has 0 fully saturated rings. The largest absolute Gasteiger partial charge is 0.394 e. The second-order valence-corrected chi connectivity index (χ2v) is 13.1. The van der Waals surface area contributed by atoms with Crippen molar-refractivity contribution in [1.29, 1.82) is 0 Å². The topological polar surface area (TPSA) is 69.6 Å². The highest BCUT2D eigenvalue weighted by Gasteiger charge is 2.17. The van der Waals surface area contributed by atoms with E-state index in [4.69, 9.17) is 0 Å². The van der Waals surface area contributed by atoms with Crippen LogP contribution in [0.3, 0.4) is 0 Å². The number of nitrogens with one attached hydrogen (secondary N) is 1. The standard InChI is InChI=1S/C37H73NO3/c1-4-5-6-7-8-9-10-11-12-13-14-15-16-20-23-26-29-32-37(41)38-35(33-39)36(40)31-28-25-22-19-17-18-21-24-27-30-34(2)3/h28,31,34-36,39-40H,4-27,29-30,32-33H2,1-3H3,(H,38,41)/b31-28+/t35-,36+/m0/s1. The summed E-state index contributed by atoms with van der Waals surface area (Å²) in [5, 5.41) is 22.9. The Morgan fingerprint density at radius 2 is 1.05 bits per heavy atom. The van der Waals surface area contributed by atoms with Crippen LogP contribution in [0.15, 0.2) is 12.2 Å². The van der Waals surface area contributed by atoms with Crippen LogP contribution in [0.4, 0.5) is 0 Å². The van der Waals surface area contributed by atoms with Gasteiger partial charge in [-0.1, -0.05) is 181 Å². The first-order valence-corrected chi connectivity index (χ1v) is 18.3. The van der Waals surface area contributed by atoms with Gasteiger partial charge in [0.25, 0.3) is 0 Å². The van der Waals surface area contributed by atoms with Gasteiger partial charge in [0.05, 0.1) is 18.8 Å². The minimum absolute atomic E-state index is 0.0640. The van der Waals surface area contributed by atoms with Gasteiger partial charge in [-0.3, -0.25) is 4.79 Å². The maximum Gasteiger partial charge on any atom is 0.220 e. The number of hydrogen-bond acceptors (Lipinski definition) is 3. The van der Waals surface area contributed by atoms with E-state index in [0.717, 1.165) is 31.6 Å². The average Bonchev–Trinajstić information content (AvgIpc) is 2.95. The summed E-state index contributed by atoms with van der Waals surface area (Å²) in [5.74, 6) is 0.760. The van der Waals surface area contributed by atoms with Gasteiger partial charge in [0.15, 0.2) is 0 Å². The molecule has 1 amide bonds. The van der Waals surface area contributed by atoms with Gasteiger partial charge < -0.3 is 15.5 Å². The maximum absolute atomic E-state index is 12.3. The normalized spacial score (nSPS) is 13.3. The number of carbonyl (C=O) groups excluding carboxylic acids is 1. The molecular weight excluding hydrogens is 506 g/mol. The van der Waals surface area contributed by atoms with Crippen LogP contribution >= 0.6 is 0 Å². The fourth-order valence-electron chi connectivity index (χ4n) is 5.60. The Balaban J connectivity index is 3.58. The van der Waals surface area contributed by atoms with E-state index in [1.165, 1.54) is 141 Å². The van der Waals surface area contributed by atoms with Crippen molar-refractivity contribution in [1.82, 2.24) is 5.32 Å². The minimum atomic E-state index is -0.833. The Labute approximate surface area is 256 Å². The Kier molecular flexibility index (Phi) is 31.4. The molecule has 0 aromatic carbocycles. The molecule has 0 rings (SSSR count). The summed E-state index contributed by atoms with van der Waals surface area (Å²) in [7, 11) is 0. The second kappa shape index (κ2) is 32.1. The summed E-state index contributed by atoms with van der Waals surface area (Å²) >= 11 is 0. The number of aliphatic hydroxyl groups excluding tert-OH is 2. The smallest absolute Gasteiger partial charge is 0.220 e. The summed E-state index contributed by atoms with van der Waals surface area (Å²) < 4.78 is 0. The van der Waals surface area contributed by atoms with E-state index in [9.17, 15) is 15.0 Å². The van der Waals surface area contributed by atoms with Crippen molar-refractivity contribution in [3.8, 4) is 0 Å². The number of carbonyl (C=O) groups is 1. The van der Waals surface area contributed by atoms with Gasteiger partial charge in [0, 0.05) is 6.42 Å². The quantitative estimate of drug-likeness (QED) is 0.0548. The number of allylic oxidation sites excluding steroid dienone is 1. The van der Waals surface area contributed by atoms with E-state index in [0.29, 0.717) is 6.42 Å². The molecule has 0 aliphatic heterocycles. The van der Waals surface area contributed by atoms with E-state index in [-0.39, 0.29) is 12.5 Å². The molecule has 0 saturated carbocycles. The van der Waals surface area contributed by atoms with Crippen molar-refractivity contribution in [2.45, 2.75) is 206 Å². The number of amides is 1. The van der Waals surface area contributed by atoms with Crippen LogP contribution < -0.4 is 5.32 Å². The predicted octanol–water partition coefficient (Wildman–Crippen LogP) is 10.6. The molecule has 3 N–H and O–H groups in total. The van der Waals surface area contributed by atoms with Crippen LogP contribution in [0.1, 0.15) is 194 Å². The molecule has 41 heavy (non-hydrogen) atoms. The molecule has 0 heterocycles. The van der Waals surface area contributed by atoms with Crippen LogP contribution in [0, 0.1) is 5.92 Å². The first-order valence-electron chi connectivity index (χ1n) is 18.3. The third-order valence-electron chi connectivity index (χ3n) is 8.45. The van der Waals surface area contributed by atoms with Gasteiger partial charge in [-0.15, -0.1) is 0 Å². The fraction of sp³-hybridized carbons (Fsp3) is 0.919. The molecule has 0 aliphatic carbocycles. The lowest BCUT2D eigenvalue weighted by atomic mass is 10.0. The summed E-state index contributed by atoms with van der Waals surface area (Å²) in [6.45, 7) is 6.63. The highest BCUT2D eigenvalue weighted by molar-refractivity contribution is 5.76. The highest BCUT2D eigenvalue weighted by atomic mass is 16.3. The van der Waals surface area contributed by atoms with Crippen LogP contribution in [0.25, 0.3) is 0 Å². The predicted molar refractivity (Wildman–Crippen MR) is 179 cm³/mol. The monoisotopic (exact) mass is 580 g/mol. The Hall–Kier alpha value is -0.870. The second-order valence-electron chi connectivity index (χ2n) is 13.1. The molecule has 0 spiro atoms. The molecule has 0 saturated heterocycles. The van der Waals surface area contributed by atoms with Crippen molar-refractivity contribution in [2.24, 2.45) is 5.92 Å². The van der Waals surface area contributed by atoms with E-state index in [2.05, 4.69) is 26.1 Å². The number of aliphatic hydroxyl groups is 2. The minimum Gasteiger partial charge on any atom is -0.394 e. The molecule has 0 aliphatic rings. The Morgan fingerprint density at radius 3 is 1.49 bits per heavy atom. The van der Waals surface area contributed by atoms with Crippen molar-refractivity contribution in [2.75, 3.05) is 6.61 Å². The summed E-state index contributed by atoms with van der Waals surface area (Å²) in [6, 6.07) is -0.615. The first kappa shape index (κ1) is 40.1. The first-order chi connectivity index (χ1) is 20.0. The fourth-order valence-corrected chi connectivity index (χ4v) is 5.60. The summed E-state index contributed by atoms with van der Waals surface area (Å²) in [5.41, 5.74) is 0. The van der Waals surface area contributed by atoms with Gasteiger partial charge in [-0.05, 0) is 25.2 Å². The van der Waals surface area contributed by atoms with Crippen molar-refractivity contribution >= 4 is 5.91 Å². The lowest BCUT2D eigenvalue weighted by Gasteiger charge is -2.20. The van der Waals surface area contributed by atoms with Gasteiger partial charge in [0.2, 0.25) is 5.91 Å². The molecule has 0 aromatic heterocycles. The van der Waals surface area contributed by atoms with Crippen molar-refractivity contribution in [3.63, 3.8) is 0 Å². The maximum atomic E-state index is 12.3. The zero-order chi connectivity index (χ0) is 30.2. The van der Waals surface area contributed by atoms with Gasteiger partial charge >= 0.3 is 0 Å². The van der Waals surface area contributed by atoms with E-state index >= 15 is 0 Å². The van der Waals surface area contributed by atoms with Crippen LogP contribution in [-0.2, 0) is 4.79 Å². The van der Waals surface area contributed by atoms with Gasteiger partial charge in [0.1, 0.15) is 0 Å². The number of hydrogen-bond donors (Lipinski definition) is 3. The van der Waals surface area contributed by atoms with Gasteiger partial charge in [-0.25, -0.2) is 0 Å². The molecule has 0 radical (unpaired) electrons. The Bertz CT molecular complexity index is 562. The van der Waals surface area contributed by atoms with Crippen LogP contribution in [0.2, 0.25) is 0 Å². The molecule has 4 nitrogen and oxygen atoms in total. The van der Waals surface area contributed by atoms with Gasteiger partial charge in [-0.2, -0.15) is 0 Å². The van der Waals surface area contributed by atoms with Crippen LogP contribution in [0.5, 0.6) is 0 Å². The molecule has 2 atom stereocenters. The summed E-state index contributed by atoms with van der Waals surface area (Å²) in [4.78, 5) is 12.3. The lowest BCUT2D eigenvalue weighted by Crippen LogP contribution is -2.45. The van der Waals surface area contributed by atoms with E-state index < -0.39 is 12.1 Å². The lowest BCUT2D eigenvalue weighted by molar-refractivity contribution is -0.123. The van der Waals surface area contributed by atoms with Crippen molar-refractivity contribution < 1.29 is 15.0 Å². The molecule has 4 heteroatoms. The molecule has 0 unspecified atom stereocenters. The zero-order valence-corrected chi connectivity index (χ0v) is 28.0. The molecule has 0 aromatic rings. The highest BCUT2D eigenvalue weighted by Crippen LogP contribution is 2.15. The molecule has 0 bridgehead atoms. The average molecular weight is 580 g/mol. The SMILES string of the molecule is CCCCCCCCCCCCCCCCCCCC(=O)N[C@@H](CO)[C@H](O)/C=C/CCCCCCCCCC(C)C. The number of rotatable bonds is 32.